The number of nitrogens with one attached hydrogen (secondary N) is 1. The highest BCUT2D eigenvalue weighted by Gasteiger charge is 2.28. The third-order valence-corrected chi connectivity index (χ3v) is 5.50. The van der Waals surface area contributed by atoms with E-state index in [9.17, 15) is 9.18 Å². The van der Waals surface area contributed by atoms with Crippen LogP contribution in [0.15, 0.2) is 16.9 Å². The molecule has 0 radical (unpaired) electrons. The molecule has 7 heteroatoms. The molecule has 2 aliphatic heterocycles. The second kappa shape index (κ2) is 7.48. The lowest BCUT2D eigenvalue weighted by Crippen LogP contribution is -2.45. The largest absolute Gasteiger partial charge is 0.381 e. The number of hydrogen-bond acceptors (Lipinski definition) is 3. The Morgan fingerprint density at radius 1 is 1.12 bits per heavy atom. The van der Waals surface area contributed by atoms with Gasteiger partial charge in [0.2, 0.25) is 0 Å². The van der Waals surface area contributed by atoms with Crippen molar-refractivity contribution in [3.63, 3.8) is 0 Å². The molecule has 4 rings (SSSR count). The van der Waals surface area contributed by atoms with E-state index in [1.54, 1.807) is 4.57 Å². The zero-order valence-corrected chi connectivity index (χ0v) is 15.3. The second-order valence-electron chi connectivity index (χ2n) is 7.05. The summed E-state index contributed by atoms with van der Waals surface area (Å²) in [7, 11) is 0. The van der Waals surface area contributed by atoms with E-state index in [-0.39, 0.29) is 30.0 Å². The van der Waals surface area contributed by atoms with Crippen LogP contribution in [0.4, 0.5) is 4.39 Å². The van der Waals surface area contributed by atoms with Crippen molar-refractivity contribution >= 4 is 23.4 Å². The quantitative estimate of drug-likeness (QED) is 0.885. The lowest BCUT2D eigenvalue weighted by atomic mass is 9.99. The molecule has 1 N–H and O–H groups in total. The van der Waals surface area contributed by atoms with E-state index in [1.807, 2.05) is 13.0 Å². The maximum atomic E-state index is 14.1. The maximum absolute atomic E-state index is 14.1. The number of piperidine rings is 1. The van der Waals surface area contributed by atoms with E-state index in [1.165, 1.54) is 6.07 Å². The second-order valence-corrected chi connectivity index (χ2v) is 7.05. The summed E-state index contributed by atoms with van der Waals surface area (Å²) in [6.45, 7) is 5.54. The first-order valence-corrected chi connectivity index (χ1v) is 8.85. The number of ether oxygens (including phenoxy) is 1. The predicted octanol–water partition coefficient (Wildman–Crippen LogP) is 3.01. The Morgan fingerprint density at radius 3 is 2.48 bits per heavy atom. The number of rotatable bonds is 2. The van der Waals surface area contributed by atoms with E-state index in [4.69, 9.17) is 4.74 Å². The fraction of sp³-hybridized carbons (Fsp3) is 0.611. The Labute approximate surface area is 152 Å². The van der Waals surface area contributed by atoms with E-state index < -0.39 is 0 Å². The van der Waals surface area contributed by atoms with Crippen LogP contribution in [0.1, 0.15) is 37.3 Å². The SMILES string of the molecule is Cc1cc(F)c2[nH]c(=O)n(C3CCN(C4CCOCC4)CC3)c2c1.Cl. The van der Waals surface area contributed by atoms with Crippen molar-refractivity contribution in [1.29, 1.82) is 0 Å². The van der Waals surface area contributed by atoms with Gasteiger partial charge >= 0.3 is 5.69 Å². The van der Waals surface area contributed by atoms with Gasteiger partial charge in [0, 0.05) is 38.4 Å². The van der Waals surface area contributed by atoms with Gasteiger partial charge < -0.3 is 14.6 Å². The molecule has 0 atom stereocenters. The molecule has 2 aromatic rings. The van der Waals surface area contributed by atoms with Crippen LogP contribution in [0.3, 0.4) is 0 Å². The van der Waals surface area contributed by atoms with Crippen molar-refractivity contribution in [3.8, 4) is 0 Å². The first-order valence-electron chi connectivity index (χ1n) is 8.85. The number of nitrogens with zero attached hydrogens (tertiary/aromatic N) is 2. The molecule has 5 nitrogen and oxygen atoms in total. The van der Waals surface area contributed by atoms with Gasteiger partial charge in [-0.2, -0.15) is 0 Å². The molecule has 2 aliphatic rings. The summed E-state index contributed by atoms with van der Waals surface area (Å²) in [5.41, 5.74) is 1.67. The Kier molecular flexibility index (Phi) is 5.51. The van der Waals surface area contributed by atoms with Crippen molar-refractivity contribution in [2.75, 3.05) is 26.3 Å². The average molecular weight is 370 g/mol. The zero-order chi connectivity index (χ0) is 16.7. The lowest BCUT2D eigenvalue weighted by Gasteiger charge is -2.39. The van der Waals surface area contributed by atoms with Crippen LogP contribution in [0.2, 0.25) is 0 Å². The molecule has 0 amide bonds. The van der Waals surface area contributed by atoms with Crippen LogP contribution >= 0.6 is 12.4 Å². The van der Waals surface area contributed by atoms with Crippen molar-refractivity contribution < 1.29 is 9.13 Å². The van der Waals surface area contributed by atoms with Crippen LogP contribution in [0.5, 0.6) is 0 Å². The summed E-state index contributed by atoms with van der Waals surface area (Å²) in [4.78, 5) is 17.6. The smallest absolute Gasteiger partial charge is 0.326 e. The van der Waals surface area contributed by atoms with Gasteiger partial charge in [-0.25, -0.2) is 9.18 Å². The van der Waals surface area contributed by atoms with Crippen LogP contribution < -0.4 is 5.69 Å². The van der Waals surface area contributed by atoms with Crippen LogP contribution in [-0.4, -0.2) is 46.8 Å². The minimum absolute atomic E-state index is 0. The van der Waals surface area contributed by atoms with Gasteiger partial charge in [-0.15, -0.1) is 12.4 Å². The Balaban J connectivity index is 0.00000182. The van der Waals surface area contributed by atoms with Crippen LogP contribution in [0.25, 0.3) is 11.0 Å². The first-order chi connectivity index (χ1) is 11.6. The third-order valence-electron chi connectivity index (χ3n) is 5.50. The number of H-pyrrole nitrogens is 1. The number of benzene rings is 1. The molecule has 2 saturated heterocycles. The molecule has 0 spiro atoms. The van der Waals surface area contributed by atoms with E-state index in [0.29, 0.717) is 17.1 Å². The highest BCUT2D eigenvalue weighted by Crippen LogP contribution is 2.28. The summed E-state index contributed by atoms with van der Waals surface area (Å²) in [5.74, 6) is -0.347. The minimum Gasteiger partial charge on any atom is -0.381 e. The van der Waals surface area contributed by atoms with Gasteiger partial charge in [0.1, 0.15) is 11.3 Å². The third kappa shape index (κ3) is 3.48. The van der Waals surface area contributed by atoms with E-state index >= 15 is 0 Å². The molecule has 25 heavy (non-hydrogen) atoms. The summed E-state index contributed by atoms with van der Waals surface area (Å²) < 4.78 is 21.3. The highest BCUT2D eigenvalue weighted by molar-refractivity contribution is 5.85. The summed E-state index contributed by atoms with van der Waals surface area (Å²) in [6, 6.07) is 4.12. The van der Waals surface area contributed by atoms with Gasteiger partial charge in [-0.3, -0.25) is 4.57 Å². The number of hydrogen-bond donors (Lipinski definition) is 1. The number of aromatic amines is 1. The Hall–Kier alpha value is -1.37. The van der Waals surface area contributed by atoms with Crippen LogP contribution in [-0.2, 0) is 4.74 Å². The fourth-order valence-electron chi connectivity index (χ4n) is 4.24. The zero-order valence-electron chi connectivity index (χ0n) is 14.5. The Bertz CT molecular complexity index is 789. The van der Waals surface area contributed by atoms with Crippen molar-refractivity contribution in [3.05, 3.63) is 34.0 Å². The van der Waals surface area contributed by atoms with Crippen molar-refractivity contribution in [1.82, 2.24) is 14.5 Å². The monoisotopic (exact) mass is 369 g/mol. The lowest BCUT2D eigenvalue weighted by molar-refractivity contribution is 0.0220. The number of aryl methyl sites for hydroxylation is 1. The number of imidazole rings is 1. The summed E-state index contributed by atoms with van der Waals surface area (Å²) >= 11 is 0. The highest BCUT2D eigenvalue weighted by atomic mass is 35.5. The van der Waals surface area contributed by atoms with Gasteiger partial charge in [-0.05, 0) is 50.3 Å². The predicted molar refractivity (Wildman–Crippen MR) is 98.2 cm³/mol. The van der Waals surface area contributed by atoms with E-state index in [2.05, 4.69) is 9.88 Å². The topological polar surface area (TPSA) is 50.3 Å². The van der Waals surface area contributed by atoms with Crippen molar-refractivity contribution in [2.45, 2.75) is 44.7 Å². The van der Waals surface area contributed by atoms with Gasteiger partial charge in [-0.1, -0.05) is 0 Å². The average Bonchev–Trinajstić information content (AvgIpc) is 2.92. The molecule has 138 valence electrons. The Morgan fingerprint density at radius 2 is 1.80 bits per heavy atom. The molecule has 1 aromatic heterocycles. The van der Waals surface area contributed by atoms with Gasteiger partial charge in [0.25, 0.3) is 0 Å². The molecule has 2 fully saturated rings. The van der Waals surface area contributed by atoms with Crippen LogP contribution in [0, 0.1) is 12.7 Å². The molecule has 0 unspecified atom stereocenters. The molecule has 0 aliphatic carbocycles. The molecular weight excluding hydrogens is 345 g/mol. The fourth-order valence-corrected chi connectivity index (χ4v) is 4.24. The molecule has 1 aromatic carbocycles. The number of fused-ring (bicyclic) bond motifs is 1. The number of halogens is 2. The number of likely N-dealkylation sites (tertiary alicyclic amines) is 1. The molecule has 0 saturated carbocycles. The number of aromatic nitrogens is 2. The maximum Gasteiger partial charge on any atom is 0.326 e. The standard InChI is InChI=1S/C18H24FN3O2.ClH/c1-12-10-15(19)17-16(11-12)22(18(23)20-17)14-2-6-21(7-3-14)13-4-8-24-9-5-13;/h10-11,13-14H,2-9H2,1H3,(H,20,23);1H. The first kappa shape index (κ1) is 18.4. The van der Waals surface area contributed by atoms with Crippen molar-refractivity contribution in [2.24, 2.45) is 0 Å². The van der Waals surface area contributed by atoms with Gasteiger partial charge in [0.15, 0.2) is 0 Å². The van der Waals surface area contributed by atoms with Gasteiger partial charge in [0.05, 0.1) is 5.52 Å². The minimum atomic E-state index is -0.347. The molecular formula is C18H25ClFN3O2. The summed E-state index contributed by atoms with van der Waals surface area (Å²) in [6.07, 6.45) is 4.06. The normalized spacial score (nSPS) is 20.7. The van der Waals surface area contributed by atoms with E-state index in [0.717, 1.165) is 57.6 Å². The molecule has 3 heterocycles. The molecule has 0 bridgehead atoms. The summed E-state index contributed by atoms with van der Waals surface area (Å²) in [5, 5.41) is 0.